The number of halogens is 1. The molecule has 1 aromatic rings. The molecule has 2 N–H and O–H groups in total. The highest BCUT2D eigenvalue weighted by molar-refractivity contribution is 9.10. The van der Waals surface area contributed by atoms with Crippen molar-refractivity contribution in [1.82, 2.24) is 0 Å². The highest BCUT2D eigenvalue weighted by Gasteiger charge is 2.66. The van der Waals surface area contributed by atoms with Gasteiger partial charge in [-0.1, -0.05) is 43.6 Å². The lowest BCUT2D eigenvalue weighted by Gasteiger charge is -2.16. The molecule has 3 heteroatoms. The Hall–Kier alpha value is -0.540. The molecular formula is C16H24BrNO. The third-order valence-electron chi connectivity index (χ3n) is 5.26. The zero-order valence-electron chi connectivity index (χ0n) is 12.5. The fourth-order valence-electron chi connectivity index (χ4n) is 3.60. The van der Waals surface area contributed by atoms with Crippen LogP contribution in [-0.2, 0) is 6.42 Å². The third-order valence-corrected chi connectivity index (χ3v) is 5.75. The molecule has 1 fully saturated rings. The molecule has 2 rings (SSSR count). The van der Waals surface area contributed by atoms with Gasteiger partial charge in [0.1, 0.15) is 5.75 Å². The van der Waals surface area contributed by atoms with Crippen LogP contribution in [0, 0.1) is 16.7 Å². The molecule has 1 aromatic carbocycles. The molecular weight excluding hydrogens is 302 g/mol. The summed E-state index contributed by atoms with van der Waals surface area (Å²) in [5, 5.41) is 0. The third kappa shape index (κ3) is 2.43. The van der Waals surface area contributed by atoms with Crippen LogP contribution in [-0.4, -0.2) is 13.2 Å². The van der Waals surface area contributed by atoms with E-state index >= 15 is 0 Å². The smallest absolute Gasteiger partial charge is 0.122 e. The molecule has 1 aliphatic carbocycles. The van der Waals surface area contributed by atoms with E-state index in [2.05, 4.69) is 49.7 Å². The minimum absolute atomic E-state index is 0.174. The normalized spacial score (nSPS) is 22.1. The van der Waals surface area contributed by atoms with Gasteiger partial charge in [0.2, 0.25) is 0 Å². The fraction of sp³-hybridized carbons (Fsp3) is 0.625. The summed E-state index contributed by atoms with van der Waals surface area (Å²) in [6, 6.07) is 6.28. The number of ether oxygens (including phenoxy) is 1. The van der Waals surface area contributed by atoms with Crippen LogP contribution in [0.1, 0.15) is 33.3 Å². The van der Waals surface area contributed by atoms with Crippen LogP contribution in [0.4, 0.5) is 0 Å². The number of hydrogen-bond acceptors (Lipinski definition) is 2. The van der Waals surface area contributed by atoms with Crippen LogP contribution < -0.4 is 10.5 Å². The molecule has 0 amide bonds. The Bertz CT molecular complexity index is 468. The van der Waals surface area contributed by atoms with Crippen LogP contribution in [0.15, 0.2) is 22.7 Å². The van der Waals surface area contributed by atoms with Crippen LogP contribution >= 0.6 is 15.9 Å². The summed E-state index contributed by atoms with van der Waals surface area (Å²) in [5.41, 5.74) is 8.30. The number of methoxy groups -OCH3 is 1. The van der Waals surface area contributed by atoms with E-state index in [0.717, 1.165) is 16.6 Å². The average Bonchev–Trinajstić information content (AvgIpc) is 2.69. The summed E-state index contributed by atoms with van der Waals surface area (Å²) in [5.74, 6) is 1.48. The van der Waals surface area contributed by atoms with Crippen molar-refractivity contribution < 1.29 is 4.74 Å². The quantitative estimate of drug-likeness (QED) is 0.907. The molecule has 2 nitrogen and oxygen atoms in total. The highest BCUT2D eigenvalue weighted by Crippen LogP contribution is 2.69. The number of nitrogens with two attached hydrogens (primary N) is 1. The van der Waals surface area contributed by atoms with E-state index in [4.69, 9.17) is 10.5 Å². The number of hydrogen-bond donors (Lipinski definition) is 1. The first-order valence-corrected chi connectivity index (χ1v) is 7.59. The molecule has 1 unspecified atom stereocenters. The zero-order chi connectivity index (χ0) is 14.4. The minimum Gasteiger partial charge on any atom is -0.496 e. The molecule has 0 saturated heterocycles. The molecule has 0 heterocycles. The summed E-state index contributed by atoms with van der Waals surface area (Å²) >= 11 is 3.52. The molecule has 1 atom stereocenters. The first kappa shape index (κ1) is 14.9. The Morgan fingerprint density at radius 2 is 1.84 bits per heavy atom. The van der Waals surface area contributed by atoms with E-state index in [1.165, 1.54) is 5.56 Å². The molecule has 0 radical (unpaired) electrons. The lowest BCUT2D eigenvalue weighted by Crippen LogP contribution is -2.28. The maximum absolute atomic E-state index is 6.47. The Kier molecular flexibility index (Phi) is 3.74. The van der Waals surface area contributed by atoms with Crippen molar-refractivity contribution in [2.75, 3.05) is 7.11 Å². The van der Waals surface area contributed by atoms with E-state index in [1.54, 1.807) is 7.11 Å². The van der Waals surface area contributed by atoms with Gasteiger partial charge in [-0.3, -0.25) is 0 Å². The van der Waals surface area contributed by atoms with Crippen molar-refractivity contribution in [2.45, 2.75) is 40.2 Å². The van der Waals surface area contributed by atoms with Crippen molar-refractivity contribution in [3.63, 3.8) is 0 Å². The first-order chi connectivity index (χ1) is 8.71. The Labute approximate surface area is 124 Å². The fourth-order valence-corrected chi connectivity index (χ4v) is 4.00. The monoisotopic (exact) mass is 325 g/mol. The van der Waals surface area contributed by atoms with Gasteiger partial charge in [-0.2, -0.15) is 0 Å². The van der Waals surface area contributed by atoms with E-state index in [1.807, 2.05) is 12.1 Å². The Morgan fingerprint density at radius 1 is 1.26 bits per heavy atom. The molecule has 106 valence electrons. The predicted octanol–water partition coefficient (Wildman–Crippen LogP) is 4.01. The van der Waals surface area contributed by atoms with Gasteiger partial charge < -0.3 is 10.5 Å². The second-order valence-corrected chi connectivity index (χ2v) is 7.66. The first-order valence-electron chi connectivity index (χ1n) is 6.80. The van der Waals surface area contributed by atoms with Crippen molar-refractivity contribution in [1.29, 1.82) is 0 Å². The molecule has 0 spiro atoms. The highest BCUT2D eigenvalue weighted by atomic mass is 79.9. The van der Waals surface area contributed by atoms with Crippen molar-refractivity contribution >= 4 is 15.9 Å². The van der Waals surface area contributed by atoms with Gasteiger partial charge in [-0.25, -0.2) is 0 Å². The van der Waals surface area contributed by atoms with Gasteiger partial charge in [-0.05, 0) is 46.9 Å². The lowest BCUT2D eigenvalue weighted by atomic mass is 9.97. The number of rotatable bonds is 4. The predicted molar refractivity (Wildman–Crippen MR) is 83.4 cm³/mol. The van der Waals surface area contributed by atoms with Crippen LogP contribution in [0.2, 0.25) is 0 Å². The standard InChI is InChI=1S/C16H24BrNO/c1-15(2)14(16(15,3)4)12(18)9-10-8-11(17)6-7-13(10)19-5/h6-8,12,14H,9,18H2,1-5H3. The van der Waals surface area contributed by atoms with Crippen molar-refractivity contribution in [2.24, 2.45) is 22.5 Å². The molecule has 19 heavy (non-hydrogen) atoms. The van der Waals surface area contributed by atoms with Gasteiger partial charge in [0.25, 0.3) is 0 Å². The Balaban J connectivity index is 2.17. The largest absolute Gasteiger partial charge is 0.496 e. The van der Waals surface area contributed by atoms with Gasteiger partial charge in [0.05, 0.1) is 7.11 Å². The van der Waals surface area contributed by atoms with Crippen LogP contribution in [0.3, 0.4) is 0 Å². The maximum atomic E-state index is 6.47. The molecule has 1 aliphatic rings. The summed E-state index contributed by atoms with van der Waals surface area (Å²) in [6.07, 6.45) is 0.861. The second kappa shape index (κ2) is 4.78. The molecule has 0 aromatic heterocycles. The minimum atomic E-state index is 0.174. The van der Waals surface area contributed by atoms with E-state index in [0.29, 0.717) is 16.7 Å². The van der Waals surface area contributed by atoms with Crippen molar-refractivity contribution in [3.05, 3.63) is 28.2 Å². The van der Waals surface area contributed by atoms with Gasteiger partial charge in [0, 0.05) is 10.5 Å². The van der Waals surface area contributed by atoms with E-state index < -0.39 is 0 Å². The SMILES string of the molecule is COc1ccc(Br)cc1CC(N)C1C(C)(C)C1(C)C. The van der Waals surface area contributed by atoms with Crippen LogP contribution in [0.5, 0.6) is 5.75 Å². The number of benzene rings is 1. The average molecular weight is 326 g/mol. The summed E-state index contributed by atoms with van der Waals surface area (Å²) in [4.78, 5) is 0. The second-order valence-electron chi connectivity index (χ2n) is 6.75. The Morgan fingerprint density at radius 3 is 2.32 bits per heavy atom. The topological polar surface area (TPSA) is 35.2 Å². The van der Waals surface area contributed by atoms with Gasteiger partial charge >= 0.3 is 0 Å². The van der Waals surface area contributed by atoms with E-state index in [-0.39, 0.29) is 6.04 Å². The van der Waals surface area contributed by atoms with Gasteiger partial charge in [-0.15, -0.1) is 0 Å². The summed E-state index contributed by atoms with van der Waals surface area (Å²) in [7, 11) is 1.71. The van der Waals surface area contributed by atoms with Crippen LogP contribution in [0.25, 0.3) is 0 Å². The molecule has 0 bridgehead atoms. The van der Waals surface area contributed by atoms with E-state index in [9.17, 15) is 0 Å². The maximum Gasteiger partial charge on any atom is 0.122 e. The van der Waals surface area contributed by atoms with Gasteiger partial charge in [0.15, 0.2) is 0 Å². The molecule has 1 saturated carbocycles. The molecule has 0 aliphatic heterocycles. The summed E-state index contributed by atoms with van der Waals surface area (Å²) < 4.78 is 6.50. The zero-order valence-corrected chi connectivity index (χ0v) is 14.0. The summed E-state index contributed by atoms with van der Waals surface area (Å²) in [6.45, 7) is 9.26. The van der Waals surface area contributed by atoms with Crippen molar-refractivity contribution in [3.8, 4) is 5.75 Å². The lowest BCUT2D eigenvalue weighted by molar-refractivity contribution is 0.402.